The van der Waals surface area contributed by atoms with Crippen molar-refractivity contribution in [3.8, 4) is 0 Å². The zero-order valence-corrected chi connectivity index (χ0v) is 34.4. The van der Waals surface area contributed by atoms with Gasteiger partial charge in [0.25, 0.3) is 0 Å². The summed E-state index contributed by atoms with van der Waals surface area (Å²) >= 11 is 0. The lowest BCUT2D eigenvalue weighted by Crippen LogP contribution is -2.15. The first-order chi connectivity index (χ1) is 26.8. The summed E-state index contributed by atoms with van der Waals surface area (Å²) < 4.78 is 71.1. The van der Waals surface area contributed by atoms with Gasteiger partial charge in [-0.3, -0.25) is 4.79 Å². The second-order valence-corrected chi connectivity index (χ2v) is 12.5. The van der Waals surface area contributed by atoms with E-state index in [-0.39, 0.29) is 12.6 Å². The van der Waals surface area contributed by atoms with Gasteiger partial charge in [-0.25, -0.2) is 0 Å². The summed E-state index contributed by atoms with van der Waals surface area (Å²) in [7, 11) is 0. The van der Waals surface area contributed by atoms with Gasteiger partial charge in [-0.05, 0) is 12.8 Å². The molecule has 14 heteroatoms. The van der Waals surface area contributed by atoms with Gasteiger partial charge in [-0.1, -0.05) is 71.6 Å². The Labute approximate surface area is 328 Å². The molecule has 0 aliphatic heterocycles. The van der Waals surface area contributed by atoms with Crippen molar-refractivity contribution in [1.82, 2.24) is 0 Å². The van der Waals surface area contributed by atoms with Gasteiger partial charge in [0.2, 0.25) is 0 Å². The van der Waals surface area contributed by atoms with Crippen molar-refractivity contribution in [1.29, 1.82) is 0 Å². The Kier molecular flexibility index (Phi) is 49.1. The highest BCUT2D eigenvalue weighted by Gasteiger charge is 2.02. The molecule has 0 spiro atoms. The number of ether oxygens (including phenoxy) is 13. The van der Waals surface area contributed by atoms with Gasteiger partial charge in [0.15, 0.2) is 0 Å². The maximum Gasteiger partial charge on any atom is 0.305 e. The van der Waals surface area contributed by atoms with Crippen LogP contribution in [0.1, 0.15) is 90.9 Å². The Hall–Kier alpha value is -1.01. The Balaban J connectivity index is 3.07. The molecule has 0 aromatic carbocycles. The molecule has 0 radical (unpaired) electrons. The van der Waals surface area contributed by atoms with Gasteiger partial charge in [-0.15, -0.1) is 0 Å². The average molecular weight is 785 g/mol. The summed E-state index contributed by atoms with van der Waals surface area (Å²) in [6, 6.07) is 0. The first-order valence-corrected chi connectivity index (χ1v) is 20.9. The second-order valence-electron chi connectivity index (χ2n) is 12.5. The highest BCUT2D eigenvalue weighted by atomic mass is 16.6. The molecule has 324 valence electrons. The lowest BCUT2D eigenvalue weighted by molar-refractivity contribution is -0.145. The summed E-state index contributed by atoms with van der Waals surface area (Å²) in [4.78, 5) is 11.5. The zero-order valence-electron chi connectivity index (χ0n) is 34.4. The third-order valence-corrected chi connectivity index (χ3v) is 7.71. The SMILES string of the molecule is CCCCCCCCCCOCCOCCOCCOCCOCCOCCOCCOCCOCCOCCOCCOCCOC(=O)CCCCC. The summed E-state index contributed by atoms with van der Waals surface area (Å²) in [5.41, 5.74) is 0. The lowest BCUT2D eigenvalue weighted by atomic mass is 10.1. The third kappa shape index (κ3) is 49.0. The smallest absolute Gasteiger partial charge is 0.305 e. The van der Waals surface area contributed by atoms with E-state index in [1.165, 1.54) is 44.9 Å². The van der Waals surface area contributed by atoms with Gasteiger partial charge in [0.05, 0.1) is 152 Å². The number of carbonyl (C=O) groups excluding carboxylic acids is 1. The first kappa shape index (κ1) is 53.0. The molecular formula is C40H80O14. The minimum atomic E-state index is -0.159. The van der Waals surface area contributed by atoms with Crippen molar-refractivity contribution >= 4 is 5.97 Å². The molecule has 14 nitrogen and oxygen atoms in total. The van der Waals surface area contributed by atoms with Crippen molar-refractivity contribution in [2.75, 3.05) is 165 Å². The van der Waals surface area contributed by atoms with Crippen molar-refractivity contribution in [3.05, 3.63) is 0 Å². The molecule has 0 aliphatic rings. The van der Waals surface area contributed by atoms with Crippen LogP contribution in [0, 0.1) is 0 Å². The lowest BCUT2D eigenvalue weighted by Gasteiger charge is -2.09. The van der Waals surface area contributed by atoms with E-state index in [0.29, 0.717) is 158 Å². The molecule has 0 fully saturated rings. The molecule has 0 unspecified atom stereocenters. The van der Waals surface area contributed by atoms with Crippen LogP contribution in [-0.4, -0.2) is 171 Å². The number of hydrogen-bond acceptors (Lipinski definition) is 14. The topological polar surface area (TPSA) is 137 Å². The van der Waals surface area contributed by atoms with Gasteiger partial charge in [0.1, 0.15) is 6.61 Å². The van der Waals surface area contributed by atoms with E-state index in [1.54, 1.807) is 0 Å². The van der Waals surface area contributed by atoms with Crippen LogP contribution in [0.2, 0.25) is 0 Å². The molecule has 0 bridgehead atoms. The first-order valence-electron chi connectivity index (χ1n) is 20.9. The highest BCUT2D eigenvalue weighted by Crippen LogP contribution is 2.08. The molecule has 0 rings (SSSR count). The Morgan fingerprint density at radius 2 is 0.481 bits per heavy atom. The van der Waals surface area contributed by atoms with E-state index in [4.69, 9.17) is 61.6 Å². The molecule has 54 heavy (non-hydrogen) atoms. The second kappa shape index (κ2) is 50.0. The molecule has 0 saturated carbocycles. The van der Waals surface area contributed by atoms with Crippen molar-refractivity contribution in [3.63, 3.8) is 0 Å². The molecule has 0 aliphatic carbocycles. The van der Waals surface area contributed by atoms with Crippen LogP contribution in [0.4, 0.5) is 0 Å². The maximum absolute atomic E-state index is 11.5. The fourth-order valence-corrected chi connectivity index (χ4v) is 4.67. The molecular weight excluding hydrogens is 704 g/mol. The predicted molar refractivity (Wildman–Crippen MR) is 208 cm³/mol. The number of esters is 1. The normalized spacial score (nSPS) is 11.5. The van der Waals surface area contributed by atoms with Gasteiger partial charge in [-0.2, -0.15) is 0 Å². The fraction of sp³-hybridized carbons (Fsp3) is 0.975. The molecule has 0 aromatic heterocycles. The van der Waals surface area contributed by atoms with Gasteiger partial charge >= 0.3 is 5.97 Å². The van der Waals surface area contributed by atoms with Gasteiger partial charge < -0.3 is 61.6 Å². The zero-order chi connectivity index (χ0) is 38.9. The van der Waals surface area contributed by atoms with Crippen molar-refractivity contribution in [2.24, 2.45) is 0 Å². The maximum atomic E-state index is 11.5. The van der Waals surface area contributed by atoms with Crippen LogP contribution in [0.5, 0.6) is 0 Å². The highest BCUT2D eigenvalue weighted by molar-refractivity contribution is 5.69. The molecule has 0 aromatic rings. The van der Waals surface area contributed by atoms with E-state index in [0.717, 1.165) is 32.3 Å². The minimum absolute atomic E-state index is 0.159. The molecule has 0 saturated heterocycles. The fourth-order valence-electron chi connectivity index (χ4n) is 4.67. The van der Waals surface area contributed by atoms with Crippen LogP contribution >= 0.6 is 0 Å². The van der Waals surface area contributed by atoms with Gasteiger partial charge in [0, 0.05) is 13.0 Å². The minimum Gasteiger partial charge on any atom is -0.463 e. The van der Waals surface area contributed by atoms with Crippen molar-refractivity contribution in [2.45, 2.75) is 90.9 Å². The monoisotopic (exact) mass is 785 g/mol. The summed E-state index contributed by atoms with van der Waals surface area (Å²) in [6.45, 7) is 17.2. The van der Waals surface area contributed by atoms with E-state index < -0.39 is 0 Å². The van der Waals surface area contributed by atoms with Crippen LogP contribution in [0.25, 0.3) is 0 Å². The Morgan fingerprint density at radius 1 is 0.259 bits per heavy atom. The molecule has 0 amide bonds. The summed E-state index contributed by atoms with van der Waals surface area (Å²) in [5.74, 6) is -0.159. The Morgan fingerprint density at radius 3 is 0.778 bits per heavy atom. The summed E-state index contributed by atoms with van der Waals surface area (Å²) in [6.07, 6.45) is 14.0. The number of rotatable bonds is 49. The molecule has 0 heterocycles. The van der Waals surface area contributed by atoms with E-state index in [2.05, 4.69) is 13.8 Å². The number of carbonyl (C=O) groups is 1. The Bertz CT molecular complexity index is 691. The van der Waals surface area contributed by atoms with E-state index >= 15 is 0 Å². The third-order valence-electron chi connectivity index (χ3n) is 7.71. The number of unbranched alkanes of at least 4 members (excludes halogenated alkanes) is 9. The average Bonchev–Trinajstić information content (AvgIpc) is 3.18. The standard InChI is InChI=1S/C40H80O14/c1-3-5-7-8-9-10-11-13-15-42-16-17-43-18-19-44-20-21-45-22-23-46-24-25-47-26-27-48-28-29-49-30-31-50-32-33-51-34-35-52-36-37-53-38-39-54-40(41)14-12-6-4-2/h3-39H2,1-2H3. The number of hydrogen-bond donors (Lipinski definition) is 0. The van der Waals surface area contributed by atoms with Crippen molar-refractivity contribution < 1.29 is 66.4 Å². The quantitative estimate of drug-likeness (QED) is 0.0571. The largest absolute Gasteiger partial charge is 0.463 e. The predicted octanol–water partition coefficient (Wildman–Crippen LogP) is 5.45. The summed E-state index contributed by atoms with van der Waals surface area (Å²) in [5, 5.41) is 0. The van der Waals surface area contributed by atoms with Crippen LogP contribution < -0.4 is 0 Å². The van der Waals surface area contributed by atoms with Crippen LogP contribution in [0.15, 0.2) is 0 Å². The van der Waals surface area contributed by atoms with Crippen LogP contribution in [-0.2, 0) is 66.4 Å². The molecule has 0 atom stereocenters. The van der Waals surface area contributed by atoms with Crippen LogP contribution in [0.3, 0.4) is 0 Å². The molecule has 0 N–H and O–H groups in total. The van der Waals surface area contributed by atoms with E-state index in [9.17, 15) is 4.79 Å². The van der Waals surface area contributed by atoms with E-state index in [1.807, 2.05) is 0 Å².